The van der Waals surface area contributed by atoms with E-state index in [2.05, 4.69) is 195 Å². The summed E-state index contributed by atoms with van der Waals surface area (Å²) in [5.41, 5.74) is 5.36. The Morgan fingerprint density at radius 1 is 0.359 bits per heavy atom. The van der Waals surface area contributed by atoms with Gasteiger partial charge in [-0.15, -0.1) is 0 Å². The number of aromatic amines is 1. The molecule has 0 radical (unpaired) electrons. The van der Waals surface area contributed by atoms with E-state index in [1.807, 2.05) is 0 Å². The van der Waals surface area contributed by atoms with Gasteiger partial charge in [-0.1, -0.05) is 288 Å². The van der Waals surface area contributed by atoms with Crippen LogP contribution in [0.2, 0.25) is 6.82 Å². The van der Waals surface area contributed by atoms with Crippen molar-refractivity contribution in [3.8, 4) is 34.5 Å². The third-order valence-corrected chi connectivity index (χ3v) is 21.4. The summed E-state index contributed by atoms with van der Waals surface area (Å²) in [6.07, 6.45) is 55.8. The van der Waals surface area contributed by atoms with Crippen LogP contribution in [0.1, 0.15) is 302 Å². The van der Waals surface area contributed by atoms with Gasteiger partial charge in [-0.05, 0) is 167 Å². The molecule has 0 fully saturated rings. The van der Waals surface area contributed by atoms with Crippen molar-refractivity contribution in [2.24, 2.45) is 17.0 Å². The summed E-state index contributed by atoms with van der Waals surface area (Å²) in [4.78, 5) is 15.3. The van der Waals surface area contributed by atoms with Crippen molar-refractivity contribution >= 4 is 62.6 Å². The summed E-state index contributed by atoms with van der Waals surface area (Å²) in [7, 11) is 1.64. The molecule has 0 unspecified atom stereocenters. The van der Waals surface area contributed by atoms with Crippen LogP contribution in [0.3, 0.4) is 0 Å². The first-order valence-corrected chi connectivity index (χ1v) is 41.8. The third kappa shape index (κ3) is 24.4. The van der Waals surface area contributed by atoms with Crippen molar-refractivity contribution in [2.45, 2.75) is 317 Å². The molecule has 4 heterocycles. The van der Waals surface area contributed by atoms with Gasteiger partial charge in [-0.2, -0.15) is 0 Å². The molecule has 103 heavy (non-hydrogen) atoms. The predicted octanol–water partition coefficient (Wildman–Crippen LogP) is 28.2. The van der Waals surface area contributed by atoms with E-state index in [-0.39, 0.29) is 6.10 Å². The molecule has 10 rings (SSSR count). The molecular weight excluding hydrogens is 1260 g/mol. The van der Waals surface area contributed by atoms with Crippen molar-refractivity contribution in [3.63, 3.8) is 0 Å². The Labute approximate surface area is 621 Å². The summed E-state index contributed by atoms with van der Waals surface area (Å²) < 4.78 is 31.7. The lowest BCUT2D eigenvalue weighted by molar-refractivity contribution is 0.238. The lowest BCUT2D eigenvalue weighted by Crippen LogP contribution is -2.42. The van der Waals surface area contributed by atoms with Gasteiger partial charge in [0.1, 0.15) is 68.7 Å². The zero-order chi connectivity index (χ0) is 71.6. The number of H-pyrrole nitrogens is 1. The molecule has 6 aromatic carbocycles. The predicted molar refractivity (Wildman–Crippen MR) is 439 cm³/mol. The van der Waals surface area contributed by atoms with Crippen LogP contribution in [0.25, 0.3) is 32.3 Å². The second kappa shape index (κ2) is 43.3. The minimum atomic E-state index is -0.463. The largest absolute Gasteiger partial charge is 0.457 e. The van der Waals surface area contributed by atoms with E-state index in [1.54, 1.807) is 0 Å². The zero-order valence-electron chi connectivity index (χ0n) is 64.9. The lowest BCUT2D eigenvalue weighted by Gasteiger charge is -2.15. The standard InChI is InChI=1S/C92H129BN6O4/c1-8-11-14-17-20-23-26-29-32-35-38-41-44-50-72-53-47-56-75(65-72)100-78-59-62-81-84(68-78)88-94-87(81)96-92-86-70-80(102-77-58-49-55-74(67-77)52-46-43-40-37-34-31-28-25-22-19-16-13-10-3)61-64-83(86)91(99(92)93(6)103-71(4)5)97-90-85-69-79(60-63-82(85)89(95-88)98(90)7)101-76-57-48-54-73(66-76)51-45-42-39-36-33-30-27-24-21-18-15-12-9-2/h47-49,53-71,94-95H,8-46,50-52H2,1-7H3. The molecule has 1 aliphatic rings. The van der Waals surface area contributed by atoms with Crippen LogP contribution in [0.4, 0.5) is 23.3 Å². The van der Waals surface area contributed by atoms with Gasteiger partial charge in [0.05, 0.1) is 0 Å². The summed E-state index contributed by atoms with van der Waals surface area (Å²) in [5, 5.41) is 9.59. The number of benzene rings is 6. The zero-order valence-corrected chi connectivity index (χ0v) is 64.9. The number of unbranched alkanes of at least 4 members (excludes halogenated alkanes) is 36. The summed E-state index contributed by atoms with van der Waals surface area (Å²) >= 11 is 0. The number of hydrogen-bond acceptors (Lipinski definition) is 7. The van der Waals surface area contributed by atoms with Gasteiger partial charge >= 0.3 is 7.05 Å². The Hall–Kier alpha value is -7.24. The number of aryl methyl sites for hydroxylation is 3. The first-order chi connectivity index (χ1) is 50.7. The maximum Gasteiger partial charge on any atom is 0.419 e. The second-order valence-electron chi connectivity index (χ2n) is 30.6. The van der Waals surface area contributed by atoms with E-state index in [9.17, 15) is 0 Å². The molecular formula is C92H129BN6O4. The molecule has 0 spiro atoms. The Kier molecular flexibility index (Phi) is 32.9. The van der Waals surface area contributed by atoms with Crippen molar-refractivity contribution < 1.29 is 18.9 Å². The molecule has 0 amide bonds. The van der Waals surface area contributed by atoms with Gasteiger partial charge in [0, 0.05) is 45.5 Å². The van der Waals surface area contributed by atoms with Crippen LogP contribution in [-0.4, -0.2) is 27.2 Å². The molecule has 10 nitrogen and oxygen atoms in total. The Morgan fingerprint density at radius 3 is 1.10 bits per heavy atom. The lowest BCUT2D eigenvalue weighted by atomic mass is 9.86. The molecule has 0 saturated heterocycles. The molecule has 3 aromatic heterocycles. The van der Waals surface area contributed by atoms with Crippen LogP contribution in [0.5, 0.6) is 34.5 Å². The highest BCUT2D eigenvalue weighted by Crippen LogP contribution is 2.44. The Morgan fingerprint density at radius 2 is 0.699 bits per heavy atom. The van der Waals surface area contributed by atoms with Gasteiger partial charge in [-0.3, -0.25) is 0 Å². The van der Waals surface area contributed by atoms with E-state index in [0.717, 1.165) is 109 Å². The maximum absolute atomic E-state index is 6.88. The molecule has 0 atom stereocenters. The van der Waals surface area contributed by atoms with Crippen LogP contribution in [-0.2, 0) is 31.0 Å². The van der Waals surface area contributed by atoms with Crippen molar-refractivity contribution in [3.05, 3.63) is 155 Å². The number of anilines is 2. The topological polar surface area (TPSA) is 99.3 Å². The second-order valence-corrected chi connectivity index (χ2v) is 30.6. The molecule has 554 valence electrons. The smallest absolute Gasteiger partial charge is 0.419 e. The van der Waals surface area contributed by atoms with Gasteiger partial charge in [0.2, 0.25) is 0 Å². The monoisotopic (exact) mass is 1390 g/mol. The molecule has 6 bridgehead atoms. The average molecular weight is 1390 g/mol. The highest BCUT2D eigenvalue weighted by atomic mass is 16.5. The Bertz CT molecular complexity index is 4100. The van der Waals surface area contributed by atoms with E-state index in [1.165, 1.54) is 267 Å². The van der Waals surface area contributed by atoms with E-state index in [0.29, 0.717) is 11.3 Å². The van der Waals surface area contributed by atoms with Gasteiger partial charge in [0.15, 0.2) is 0 Å². The number of ether oxygens (including phenoxy) is 3. The Balaban J connectivity index is 0.915. The highest BCUT2D eigenvalue weighted by Gasteiger charge is 2.26. The van der Waals surface area contributed by atoms with E-state index in [4.69, 9.17) is 28.8 Å². The first kappa shape index (κ1) is 78.4. The fourth-order valence-electron chi connectivity index (χ4n) is 15.6. The molecule has 11 heteroatoms. The molecule has 0 saturated carbocycles. The van der Waals surface area contributed by atoms with Crippen molar-refractivity contribution in [1.82, 2.24) is 14.0 Å². The minimum Gasteiger partial charge on any atom is -0.457 e. The van der Waals surface area contributed by atoms with Crippen molar-refractivity contribution in [2.75, 3.05) is 5.32 Å². The number of nitrogens with zero attached hydrogens (tertiary/aromatic N) is 4. The number of nitrogens with one attached hydrogen (secondary N) is 2. The van der Waals surface area contributed by atoms with Gasteiger partial charge < -0.3 is 38.2 Å². The van der Waals surface area contributed by atoms with Crippen LogP contribution in [0, 0.1) is 0 Å². The van der Waals surface area contributed by atoms with Crippen LogP contribution >= 0.6 is 0 Å². The molecule has 2 N–H and O–H groups in total. The summed E-state index contributed by atoms with van der Waals surface area (Å²) in [6, 6.07) is 45.2. The first-order valence-electron chi connectivity index (χ1n) is 41.8. The minimum absolute atomic E-state index is 0.0820. The fraction of sp³-hybridized carbons (Fsp3) is 0.543. The van der Waals surface area contributed by atoms with Crippen LogP contribution in [0.15, 0.2) is 137 Å². The SMILES string of the molecule is CCCCCCCCCCCCCCCc1cccc(Oc2ccc3c4[nH]c(c3c2)Nc2c3ccc(Oc5cccc(CCCCCCCCCCCCCCC)c5)cc3c(n2C)N=c2c3ccc(Oc5cccc(CCCCCCCCCCCCCCC)c5)cc3c(n2B(C)OC(C)C)=N4)c1. The maximum atomic E-state index is 6.88. The number of hydrogen-bond donors (Lipinski definition) is 2. The van der Waals surface area contributed by atoms with Crippen LogP contribution < -0.4 is 30.5 Å². The van der Waals surface area contributed by atoms with Gasteiger partial charge in [-0.25, -0.2) is 9.98 Å². The normalized spacial score (nSPS) is 12.1. The fourth-order valence-corrected chi connectivity index (χ4v) is 15.6. The van der Waals surface area contributed by atoms with E-state index < -0.39 is 7.05 Å². The van der Waals surface area contributed by atoms with Gasteiger partial charge in [0.25, 0.3) is 0 Å². The quantitative estimate of drug-likeness (QED) is 0.0292. The highest BCUT2D eigenvalue weighted by molar-refractivity contribution is 6.48. The summed E-state index contributed by atoms with van der Waals surface area (Å²) in [6.45, 7) is 13.2. The average Bonchev–Trinajstić information content (AvgIpc) is 1.57. The molecule has 9 aromatic rings. The third-order valence-electron chi connectivity index (χ3n) is 21.4. The number of rotatable bonds is 51. The summed E-state index contributed by atoms with van der Waals surface area (Å²) in [5.74, 6) is 7.85. The molecule has 0 aliphatic carbocycles. The van der Waals surface area contributed by atoms with Crippen molar-refractivity contribution in [1.29, 1.82) is 0 Å². The van der Waals surface area contributed by atoms with E-state index >= 15 is 0 Å². The number of aromatic nitrogens is 3. The molecule has 1 aliphatic heterocycles. The number of fused-ring (bicyclic) bond motifs is 15.